The van der Waals surface area contributed by atoms with Gasteiger partial charge in [-0.1, -0.05) is 30.3 Å². The summed E-state index contributed by atoms with van der Waals surface area (Å²) in [5, 5.41) is 10.5. The standard InChI is InChI=1S/C21H21N5O4S/c1-3-30-20(28)17-13(2)16-18(27)26(12-15-11-22-24-23-15)21(29)25(19(16)31-17)10-9-14-7-5-4-6-8-14/h4-8,11H,3,9-10,12H2,1-2H3,(H,22,23,24). The molecule has 0 saturated carbocycles. The van der Waals surface area contributed by atoms with Crippen molar-refractivity contribution in [1.82, 2.24) is 24.5 Å². The third-order valence-electron chi connectivity index (χ3n) is 5.01. The average molecular weight is 439 g/mol. The van der Waals surface area contributed by atoms with Gasteiger partial charge in [0, 0.05) is 6.54 Å². The number of nitrogens with one attached hydrogen (secondary N) is 1. The molecule has 1 N–H and O–H groups in total. The molecule has 1 aromatic carbocycles. The van der Waals surface area contributed by atoms with Crippen molar-refractivity contribution >= 4 is 27.5 Å². The van der Waals surface area contributed by atoms with E-state index in [2.05, 4.69) is 15.4 Å². The molecule has 4 rings (SSSR count). The SMILES string of the molecule is CCOC(=O)c1sc2c(c1C)c(=O)n(Cc1cn[nH]n1)c(=O)n2CCc1ccccc1. The van der Waals surface area contributed by atoms with Crippen molar-refractivity contribution in [1.29, 1.82) is 0 Å². The Morgan fingerprint density at radius 3 is 2.65 bits per heavy atom. The summed E-state index contributed by atoms with van der Waals surface area (Å²) in [4.78, 5) is 39.8. The molecular weight excluding hydrogens is 418 g/mol. The van der Waals surface area contributed by atoms with Crippen LogP contribution < -0.4 is 11.2 Å². The Hall–Kier alpha value is -3.53. The van der Waals surface area contributed by atoms with Gasteiger partial charge in [0.15, 0.2) is 0 Å². The lowest BCUT2D eigenvalue weighted by molar-refractivity contribution is 0.0531. The van der Waals surface area contributed by atoms with Crippen molar-refractivity contribution in [2.75, 3.05) is 6.61 Å². The molecule has 10 heteroatoms. The number of benzene rings is 1. The van der Waals surface area contributed by atoms with Gasteiger partial charge in [-0.2, -0.15) is 15.4 Å². The predicted molar refractivity (Wildman–Crippen MR) is 117 cm³/mol. The summed E-state index contributed by atoms with van der Waals surface area (Å²) >= 11 is 1.12. The van der Waals surface area contributed by atoms with E-state index < -0.39 is 17.2 Å². The highest BCUT2D eigenvalue weighted by molar-refractivity contribution is 7.20. The van der Waals surface area contributed by atoms with Gasteiger partial charge in [-0.05, 0) is 31.4 Å². The first kappa shape index (κ1) is 20.7. The topological polar surface area (TPSA) is 112 Å². The molecule has 0 saturated heterocycles. The maximum atomic E-state index is 13.3. The van der Waals surface area contributed by atoms with Crippen molar-refractivity contribution in [3.63, 3.8) is 0 Å². The van der Waals surface area contributed by atoms with E-state index in [9.17, 15) is 14.4 Å². The molecule has 0 unspecified atom stereocenters. The Morgan fingerprint density at radius 2 is 1.97 bits per heavy atom. The van der Waals surface area contributed by atoms with E-state index in [1.54, 1.807) is 18.4 Å². The van der Waals surface area contributed by atoms with E-state index in [4.69, 9.17) is 4.74 Å². The first-order chi connectivity index (χ1) is 15.0. The number of thiophene rings is 1. The monoisotopic (exact) mass is 439 g/mol. The minimum Gasteiger partial charge on any atom is -0.462 e. The van der Waals surface area contributed by atoms with E-state index in [1.807, 2.05) is 30.3 Å². The molecule has 0 spiro atoms. The summed E-state index contributed by atoms with van der Waals surface area (Å²) in [6.45, 7) is 4.00. The number of aromatic nitrogens is 5. The highest BCUT2D eigenvalue weighted by Crippen LogP contribution is 2.28. The molecule has 0 aliphatic heterocycles. The lowest BCUT2D eigenvalue weighted by Crippen LogP contribution is -2.40. The molecule has 0 bridgehead atoms. The molecule has 0 aliphatic rings. The zero-order valence-corrected chi connectivity index (χ0v) is 17.9. The first-order valence-corrected chi connectivity index (χ1v) is 10.6. The van der Waals surface area contributed by atoms with Gasteiger partial charge in [0.1, 0.15) is 15.4 Å². The van der Waals surface area contributed by atoms with Crippen LogP contribution in [0, 0.1) is 6.92 Å². The molecule has 0 fully saturated rings. The number of nitrogens with zero attached hydrogens (tertiary/aromatic N) is 4. The number of ether oxygens (including phenoxy) is 1. The number of rotatable bonds is 7. The van der Waals surface area contributed by atoms with E-state index in [-0.39, 0.29) is 13.2 Å². The zero-order valence-electron chi connectivity index (χ0n) is 17.1. The number of hydrogen-bond donors (Lipinski definition) is 1. The smallest absolute Gasteiger partial charge is 0.348 e. The number of aromatic amines is 1. The fraction of sp³-hybridized carbons (Fsp3) is 0.286. The minimum atomic E-state index is -0.495. The summed E-state index contributed by atoms with van der Waals surface area (Å²) in [6, 6.07) is 9.77. The highest BCUT2D eigenvalue weighted by atomic mass is 32.1. The number of H-pyrrole nitrogens is 1. The van der Waals surface area contributed by atoms with Crippen LogP contribution in [0.1, 0.15) is 33.4 Å². The average Bonchev–Trinajstić information content (AvgIpc) is 3.40. The van der Waals surface area contributed by atoms with Gasteiger partial charge in [0.2, 0.25) is 0 Å². The van der Waals surface area contributed by atoms with Crippen LogP contribution in [-0.2, 0) is 24.2 Å². The van der Waals surface area contributed by atoms with Crippen LogP contribution in [0.4, 0.5) is 0 Å². The Kier molecular flexibility index (Phi) is 5.81. The maximum Gasteiger partial charge on any atom is 0.348 e. The number of fused-ring (bicyclic) bond motifs is 1. The van der Waals surface area contributed by atoms with Crippen LogP contribution in [0.3, 0.4) is 0 Å². The minimum absolute atomic E-state index is 0.0144. The van der Waals surface area contributed by atoms with Crippen LogP contribution >= 0.6 is 11.3 Å². The molecule has 3 aromatic heterocycles. The van der Waals surface area contributed by atoms with E-state index >= 15 is 0 Å². The molecular formula is C21H21N5O4S. The lowest BCUT2D eigenvalue weighted by Gasteiger charge is -2.11. The molecule has 9 nitrogen and oxygen atoms in total. The Morgan fingerprint density at radius 1 is 1.19 bits per heavy atom. The van der Waals surface area contributed by atoms with Gasteiger partial charge in [0.25, 0.3) is 5.56 Å². The van der Waals surface area contributed by atoms with Crippen molar-refractivity contribution < 1.29 is 9.53 Å². The van der Waals surface area contributed by atoms with Gasteiger partial charge in [0.05, 0.1) is 24.7 Å². The number of esters is 1. The number of hydrogen-bond acceptors (Lipinski definition) is 7. The van der Waals surface area contributed by atoms with Crippen LogP contribution in [0.25, 0.3) is 10.2 Å². The Bertz CT molecular complexity index is 1340. The molecule has 160 valence electrons. The van der Waals surface area contributed by atoms with Crippen molar-refractivity contribution in [2.45, 2.75) is 33.4 Å². The van der Waals surface area contributed by atoms with Crippen molar-refractivity contribution in [3.8, 4) is 0 Å². The second kappa shape index (κ2) is 8.68. The van der Waals surface area contributed by atoms with E-state index in [1.165, 1.54) is 6.20 Å². The normalized spacial score (nSPS) is 11.2. The van der Waals surface area contributed by atoms with Gasteiger partial charge in [-0.3, -0.25) is 13.9 Å². The summed E-state index contributed by atoms with van der Waals surface area (Å²) in [5.74, 6) is -0.495. The molecule has 3 heterocycles. The van der Waals surface area contributed by atoms with Crippen LogP contribution in [0.15, 0.2) is 46.1 Å². The van der Waals surface area contributed by atoms with Crippen LogP contribution in [0.2, 0.25) is 0 Å². The molecule has 31 heavy (non-hydrogen) atoms. The maximum absolute atomic E-state index is 13.3. The second-order valence-corrected chi connectivity index (χ2v) is 7.98. The Balaban J connectivity index is 1.89. The molecule has 0 atom stereocenters. The van der Waals surface area contributed by atoms with Gasteiger partial charge < -0.3 is 4.74 Å². The van der Waals surface area contributed by atoms with Gasteiger partial charge in [-0.25, -0.2) is 9.59 Å². The fourth-order valence-electron chi connectivity index (χ4n) is 3.47. The van der Waals surface area contributed by atoms with Gasteiger partial charge in [-0.15, -0.1) is 11.3 Å². The predicted octanol–water partition coefficient (Wildman–Crippen LogP) is 2.12. The first-order valence-electron chi connectivity index (χ1n) is 9.83. The fourth-order valence-corrected chi connectivity index (χ4v) is 4.68. The summed E-state index contributed by atoms with van der Waals surface area (Å²) in [6.07, 6.45) is 2.07. The molecule has 0 aliphatic carbocycles. The summed E-state index contributed by atoms with van der Waals surface area (Å²) in [5.41, 5.74) is 1.14. The summed E-state index contributed by atoms with van der Waals surface area (Å²) in [7, 11) is 0. The second-order valence-electron chi connectivity index (χ2n) is 6.98. The largest absolute Gasteiger partial charge is 0.462 e. The molecule has 4 aromatic rings. The summed E-state index contributed by atoms with van der Waals surface area (Å²) < 4.78 is 7.84. The quantitative estimate of drug-likeness (QED) is 0.442. The number of carbonyl (C=O) groups is 1. The zero-order chi connectivity index (χ0) is 22.0. The number of carbonyl (C=O) groups excluding carboxylic acids is 1. The number of aryl methyl sites for hydroxylation is 3. The van der Waals surface area contributed by atoms with E-state index in [0.717, 1.165) is 21.5 Å². The van der Waals surface area contributed by atoms with E-state index in [0.29, 0.717) is 39.3 Å². The van der Waals surface area contributed by atoms with Crippen LogP contribution in [-0.4, -0.2) is 37.1 Å². The third kappa shape index (κ3) is 3.93. The van der Waals surface area contributed by atoms with Gasteiger partial charge >= 0.3 is 11.7 Å². The molecule has 0 radical (unpaired) electrons. The third-order valence-corrected chi connectivity index (χ3v) is 6.30. The highest BCUT2D eigenvalue weighted by Gasteiger charge is 2.24. The van der Waals surface area contributed by atoms with Crippen molar-refractivity contribution in [2.24, 2.45) is 0 Å². The van der Waals surface area contributed by atoms with Crippen molar-refractivity contribution in [3.05, 3.63) is 79.1 Å². The Labute approximate surface area is 180 Å². The molecule has 0 amide bonds. The lowest BCUT2D eigenvalue weighted by atomic mass is 10.1. The van der Waals surface area contributed by atoms with Crippen LogP contribution in [0.5, 0.6) is 0 Å².